The molecule has 1 aliphatic rings. The minimum atomic E-state index is -0.150. The number of ether oxygens (including phenoxy) is 1. The standard InChI is InChI=1S/C8H11N3O2/c1-9-7(12)6-5-10-11-3-2-4-13-8(6)11/h5H,2-4H2,1H3,(H,9,12). The van der Waals surface area contributed by atoms with E-state index in [4.69, 9.17) is 4.74 Å². The molecular weight excluding hydrogens is 170 g/mol. The van der Waals surface area contributed by atoms with Gasteiger partial charge >= 0.3 is 0 Å². The van der Waals surface area contributed by atoms with E-state index in [1.807, 2.05) is 0 Å². The van der Waals surface area contributed by atoms with Gasteiger partial charge in [0.1, 0.15) is 5.56 Å². The predicted octanol–water partition coefficient (Wildman–Crippen LogP) is 0.0252. The predicted molar refractivity (Wildman–Crippen MR) is 45.7 cm³/mol. The third-order valence-electron chi connectivity index (χ3n) is 2.02. The zero-order valence-corrected chi connectivity index (χ0v) is 7.41. The van der Waals surface area contributed by atoms with Crippen molar-refractivity contribution >= 4 is 5.91 Å². The lowest BCUT2D eigenvalue weighted by Gasteiger charge is -2.15. The molecule has 0 aliphatic carbocycles. The van der Waals surface area contributed by atoms with Crippen LogP contribution in [0.2, 0.25) is 0 Å². The van der Waals surface area contributed by atoms with Crippen LogP contribution in [0.1, 0.15) is 16.8 Å². The van der Waals surface area contributed by atoms with Crippen LogP contribution in [0.15, 0.2) is 6.20 Å². The van der Waals surface area contributed by atoms with Crippen molar-refractivity contribution in [2.75, 3.05) is 13.7 Å². The van der Waals surface area contributed by atoms with E-state index < -0.39 is 0 Å². The Bertz CT molecular complexity index is 332. The van der Waals surface area contributed by atoms with Crippen molar-refractivity contribution < 1.29 is 9.53 Å². The molecule has 0 atom stereocenters. The molecule has 0 aromatic carbocycles. The van der Waals surface area contributed by atoms with Crippen molar-refractivity contribution in [3.8, 4) is 5.88 Å². The quantitative estimate of drug-likeness (QED) is 0.664. The summed E-state index contributed by atoms with van der Waals surface area (Å²) in [7, 11) is 1.59. The third-order valence-corrected chi connectivity index (χ3v) is 2.02. The van der Waals surface area contributed by atoms with E-state index in [1.165, 1.54) is 0 Å². The number of fused-ring (bicyclic) bond motifs is 1. The summed E-state index contributed by atoms with van der Waals surface area (Å²) in [6.07, 6.45) is 2.49. The fourth-order valence-corrected chi connectivity index (χ4v) is 1.36. The first kappa shape index (κ1) is 8.10. The van der Waals surface area contributed by atoms with Crippen molar-refractivity contribution in [3.05, 3.63) is 11.8 Å². The van der Waals surface area contributed by atoms with Crippen molar-refractivity contribution in [2.24, 2.45) is 0 Å². The molecule has 0 bridgehead atoms. The van der Waals surface area contributed by atoms with Crippen LogP contribution in [-0.4, -0.2) is 29.3 Å². The molecule has 1 aliphatic heterocycles. The number of amides is 1. The Hall–Kier alpha value is -1.52. The van der Waals surface area contributed by atoms with Crippen LogP contribution in [-0.2, 0) is 6.54 Å². The molecule has 13 heavy (non-hydrogen) atoms. The monoisotopic (exact) mass is 181 g/mol. The van der Waals surface area contributed by atoms with Gasteiger partial charge in [-0.05, 0) is 0 Å². The number of rotatable bonds is 1. The van der Waals surface area contributed by atoms with Crippen molar-refractivity contribution in [1.82, 2.24) is 15.1 Å². The van der Waals surface area contributed by atoms with Crippen LogP contribution in [0.3, 0.4) is 0 Å². The summed E-state index contributed by atoms with van der Waals surface area (Å²) < 4.78 is 7.07. The molecule has 5 nitrogen and oxygen atoms in total. The molecule has 0 spiro atoms. The summed E-state index contributed by atoms with van der Waals surface area (Å²) in [6, 6.07) is 0. The largest absolute Gasteiger partial charge is 0.477 e. The Balaban J connectivity index is 2.36. The molecule has 1 amide bonds. The fourth-order valence-electron chi connectivity index (χ4n) is 1.36. The third kappa shape index (κ3) is 1.26. The molecule has 1 aromatic heterocycles. The maximum absolute atomic E-state index is 11.3. The average molecular weight is 181 g/mol. The van der Waals surface area contributed by atoms with Gasteiger partial charge in [-0.2, -0.15) is 5.10 Å². The van der Waals surface area contributed by atoms with E-state index in [0.29, 0.717) is 18.1 Å². The lowest BCUT2D eigenvalue weighted by Crippen LogP contribution is -2.21. The Morgan fingerprint density at radius 2 is 2.62 bits per heavy atom. The Kier molecular flexibility index (Phi) is 1.92. The average Bonchev–Trinajstić information content (AvgIpc) is 2.60. The van der Waals surface area contributed by atoms with Gasteiger partial charge in [-0.3, -0.25) is 4.79 Å². The number of carbonyl (C=O) groups excluding carboxylic acids is 1. The van der Waals surface area contributed by atoms with Gasteiger partial charge in [0.05, 0.1) is 12.8 Å². The van der Waals surface area contributed by atoms with Gasteiger partial charge in [0.2, 0.25) is 5.88 Å². The van der Waals surface area contributed by atoms with Gasteiger partial charge < -0.3 is 10.1 Å². The zero-order valence-electron chi connectivity index (χ0n) is 7.41. The second-order valence-electron chi connectivity index (χ2n) is 2.87. The van der Waals surface area contributed by atoms with E-state index in [9.17, 15) is 4.79 Å². The van der Waals surface area contributed by atoms with E-state index in [2.05, 4.69) is 10.4 Å². The van der Waals surface area contributed by atoms with Crippen LogP contribution in [0.4, 0.5) is 0 Å². The Morgan fingerprint density at radius 3 is 3.38 bits per heavy atom. The SMILES string of the molecule is CNC(=O)c1cnn2c1OCCC2. The second kappa shape index (κ2) is 3.08. The molecule has 0 radical (unpaired) electrons. The number of carbonyl (C=O) groups is 1. The van der Waals surface area contributed by atoms with Crippen LogP contribution in [0.5, 0.6) is 5.88 Å². The van der Waals surface area contributed by atoms with E-state index in [0.717, 1.165) is 13.0 Å². The molecule has 0 unspecified atom stereocenters. The minimum Gasteiger partial charge on any atom is -0.477 e. The summed E-state index contributed by atoms with van der Waals surface area (Å²) in [4.78, 5) is 11.3. The maximum atomic E-state index is 11.3. The lowest BCUT2D eigenvalue weighted by molar-refractivity contribution is 0.0956. The van der Waals surface area contributed by atoms with Crippen LogP contribution < -0.4 is 10.1 Å². The van der Waals surface area contributed by atoms with Crippen molar-refractivity contribution in [1.29, 1.82) is 0 Å². The van der Waals surface area contributed by atoms with Crippen LogP contribution >= 0.6 is 0 Å². The second-order valence-corrected chi connectivity index (χ2v) is 2.87. The highest BCUT2D eigenvalue weighted by Gasteiger charge is 2.20. The summed E-state index contributed by atoms with van der Waals surface area (Å²) in [5.74, 6) is 0.439. The van der Waals surface area contributed by atoms with Gasteiger partial charge in [0.15, 0.2) is 0 Å². The first-order valence-corrected chi connectivity index (χ1v) is 4.23. The minimum absolute atomic E-state index is 0.150. The number of aromatic nitrogens is 2. The molecule has 1 N–H and O–H groups in total. The van der Waals surface area contributed by atoms with Gasteiger partial charge in [0, 0.05) is 20.0 Å². The smallest absolute Gasteiger partial charge is 0.258 e. The summed E-state index contributed by atoms with van der Waals surface area (Å²) in [5.41, 5.74) is 0.516. The molecule has 1 aromatic rings. The first-order valence-electron chi connectivity index (χ1n) is 4.23. The molecule has 0 fully saturated rings. The first-order chi connectivity index (χ1) is 6.33. The number of hydrogen-bond donors (Lipinski definition) is 1. The molecule has 2 rings (SSSR count). The molecule has 2 heterocycles. The lowest BCUT2D eigenvalue weighted by atomic mass is 10.3. The van der Waals surface area contributed by atoms with E-state index in [1.54, 1.807) is 17.9 Å². The van der Waals surface area contributed by atoms with E-state index in [-0.39, 0.29) is 5.91 Å². The Labute approximate surface area is 75.7 Å². The summed E-state index contributed by atoms with van der Waals surface area (Å²) >= 11 is 0. The normalized spacial score (nSPS) is 14.5. The Morgan fingerprint density at radius 1 is 1.77 bits per heavy atom. The van der Waals surface area contributed by atoms with Gasteiger partial charge in [-0.15, -0.1) is 0 Å². The molecule has 0 saturated heterocycles. The number of hydrogen-bond acceptors (Lipinski definition) is 3. The number of nitrogens with one attached hydrogen (secondary N) is 1. The highest BCUT2D eigenvalue weighted by atomic mass is 16.5. The van der Waals surface area contributed by atoms with Crippen LogP contribution in [0.25, 0.3) is 0 Å². The molecular formula is C8H11N3O2. The van der Waals surface area contributed by atoms with Crippen molar-refractivity contribution in [3.63, 3.8) is 0 Å². The highest BCUT2D eigenvalue weighted by molar-refractivity contribution is 5.96. The maximum Gasteiger partial charge on any atom is 0.258 e. The summed E-state index contributed by atoms with van der Waals surface area (Å²) in [6.45, 7) is 1.49. The molecule has 0 saturated carbocycles. The topological polar surface area (TPSA) is 56.2 Å². The fraction of sp³-hybridized carbons (Fsp3) is 0.500. The summed E-state index contributed by atoms with van der Waals surface area (Å²) in [5, 5.41) is 6.60. The highest BCUT2D eigenvalue weighted by Crippen LogP contribution is 2.21. The van der Waals surface area contributed by atoms with Gasteiger partial charge in [0.25, 0.3) is 5.91 Å². The number of aryl methyl sites for hydroxylation is 1. The van der Waals surface area contributed by atoms with E-state index >= 15 is 0 Å². The van der Waals surface area contributed by atoms with Crippen molar-refractivity contribution in [2.45, 2.75) is 13.0 Å². The van der Waals surface area contributed by atoms with Gasteiger partial charge in [-0.25, -0.2) is 4.68 Å². The van der Waals surface area contributed by atoms with Gasteiger partial charge in [-0.1, -0.05) is 0 Å². The van der Waals surface area contributed by atoms with Crippen LogP contribution in [0, 0.1) is 0 Å². The number of nitrogens with zero attached hydrogens (tertiary/aromatic N) is 2. The zero-order chi connectivity index (χ0) is 9.26. The molecule has 5 heteroatoms. The molecule has 70 valence electrons.